The lowest BCUT2D eigenvalue weighted by atomic mass is 10.0. The highest BCUT2D eigenvalue weighted by molar-refractivity contribution is 6.01. The zero-order chi connectivity index (χ0) is 15.6. The number of benzene rings is 1. The van der Waals surface area contributed by atoms with E-state index in [2.05, 4.69) is 20.6 Å². The fourth-order valence-corrected chi connectivity index (χ4v) is 2.52. The maximum atomic E-state index is 14.3. The maximum Gasteiger partial charge on any atom is 0.152 e. The second kappa shape index (κ2) is 5.64. The summed E-state index contributed by atoms with van der Waals surface area (Å²) in [4.78, 5) is 5.40. The largest absolute Gasteiger partial charge is 0.390 e. The molecular weight excluding hydrogens is 299 g/mol. The second-order valence-corrected chi connectivity index (χ2v) is 5.21. The maximum absolute atomic E-state index is 14.3. The van der Waals surface area contributed by atoms with Crippen molar-refractivity contribution in [2.45, 2.75) is 19.1 Å². The van der Waals surface area contributed by atoms with Crippen molar-refractivity contribution in [3.05, 3.63) is 60.4 Å². The van der Waals surface area contributed by atoms with Gasteiger partial charge in [-0.1, -0.05) is 16.4 Å². The van der Waals surface area contributed by atoms with Crippen LogP contribution in [0.4, 0.5) is 4.39 Å². The molecule has 1 aromatic carbocycles. The third-order valence-electron chi connectivity index (χ3n) is 3.63. The monoisotopic (exact) mass is 312 g/mol. The SMILES string of the molecule is Fc1cc(C2=NO[C@H](Cn3ccnn3)C2)ccc1-n1cccn1. The molecule has 3 heterocycles. The van der Waals surface area contributed by atoms with E-state index in [1.807, 2.05) is 6.07 Å². The zero-order valence-electron chi connectivity index (χ0n) is 12.1. The lowest BCUT2D eigenvalue weighted by Gasteiger charge is -2.07. The molecule has 0 aliphatic carbocycles. The minimum absolute atomic E-state index is 0.124. The van der Waals surface area contributed by atoms with Gasteiger partial charge >= 0.3 is 0 Å². The van der Waals surface area contributed by atoms with Crippen LogP contribution < -0.4 is 0 Å². The number of nitrogens with zero attached hydrogens (tertiary/aromatic N) is 6. The predicted octanol–water partition coefficient (Wildman–Crippen LogP) is 1.80. The van der Waals surface area contributed by atoms with Gasteiger partial charge in [-0.05, 0) is 18.2 Å². The first-order chi connectivity index (χ1) is 11.3. The van der Waals surface area contributed by atoms with E-state index in [0.717, 1.165) is 5.71 Å². The number of hydrogen-bond donors (Lipinski definition) is 0. The zero-order valence-corrected chi connectivity index (χ0v) is 12.1. The van der Waals surface area contributed by atoms with Crippen molar-refractivity contribution in [2.24, 2.45) is 5.16 Å². The van der Waals surface area contributed by atoms with Crippen LogP contribution in [0.3, 0.4) is 0 Å². The number of rotatable bonds is 4. The Morgan fingerprint density at radius 1 is 1.26 bits per heavy atom. The van der Waals surface area contributed by atoms with Gasteiger partial charge in [0.05, 0.1) is 18.5 Å². The first-order valence-electron chi connectivity index (χ1n) is 7.16. The minimum Gasteiger partial charge on any atom is -0.390 e. The summed E-state index contributed by atoms with van der Waals surface area (Å²) in [5, 5.41) is 15.7. The molecule has 23 heavy (non-hydrogen) atoms. The van der Waals surface area contributed by atoms with E-state index in [1.54, 1.807) is 41.6 Å². The lowest BCUT2D eigenvalue weighted by molar-refractivity contribution is 0.0693. The third kappa shape index (κ3) is 2.70. The van der Waals surface area contributed by atoms with Crippen LogP contribution in [0.25, 0.3) is 5.69 Å². The van der Waals surface area contributed by atoms with Crippen LogP contribution in [-0.2, 0) is 11.4 Å². The van der Waals surface area contributed by atoms with E-state index in [-0.39, 0.29) is 11.9 Å². The van der Waals surface area contributed by atoms with Crippen molar-refractivity contribution < 1.29 is 9.23 Å². The van der Waals surface area contributed by atoms with Crippen LogP contribution in [0.2, 0.25) is 0 Å². The van der Waals surface area contributed by atoms with E-state index in [0.29, 0.717) is 24.2 Å². The van der Waals surface area contributed by atoms with Crippen LogP contribution in [0.15, 0.2) is 54.2 Å². The molecule has 0 saturated carbocycles. The molecule has 0 unspecified atom stereocenters. The van der Waals surface area contributed by atoms with Gasteiger partial charge in [-0.3, -0.25) is 0 Å². The Hall–Kier alpha value is -3.03. The first-order valence-corrected chi connectivity index (χ1v) is 7.16. The molecule has 0 saturated heterocycles. The van der Waals surface area contributed by atoms with E-state index < -0.39 is 0 Å². The first kappa shape index (κ1) is 13.6. The molecule has 7 nitrogen and oxygen atoms in total. The molecule has 0 N–H and O–H groups in total. The molecule has 8 heteroatoms. The summed E-state index contributed by atoms with van der Waals surface area (Å²) >= 11 is 0. The Balaban J connectivity index is 1.50. The van der Waals surface area contributed by atoms with Crippen LogP contribution >= 0.6 is 0 Å². The summed E-state index contributed by atoms with van der Waals surface area (Å²) < 4.78 is 17.5. The molecule has 0 bridgehead atoms. The van der Waals surface area contributed by atoms with Gasteiger partial charge in [-0.25, -0.2) is 13.8 Å². The molecule has 0 fully saturated rings. The smallest absolute Gasteiger partial charge is 0.152 e. The van der Waals surface area contributed by atoms with E-state index in [1.165, 1.54) is 10.7 Å². The Morgan fingerprint density at radius 3 is 2.96 bits per heavy atom. The van der Waals surface area contributed by atoms with Gasteiger partial charge in [0.15, 0.2) is 6.10 Å². The van der Waals surface area contributed by atoms with Crippen molar-refractivity contribution in [3.8, 4) is 5.69 Å². The van der Waals surface area contributed by atoms with E-state index in [9.17, 15) is 4.39 Å². The molecule has 0 radical (unpaired) electrons. The molecule has 4 rings (SSSR count). The fraction of sp³-hybridized carbons (Fsp3) is 0.200. The number of halogens is 1. The molecule has 1 aliphatic heterocycles. The van der Waals surface area contributed by atoms with Gasteiger partial charge in [0.2, 0.25) is 0 Å². The van der Waals surface area contributed by atoms with Crippen molar-refractivity contribution >= 4 is 5.71 Å². The third-order valence-corrected chi connectivity index (χ3v) is 3.63. The van der Waals surface area contributed by atoms with Gasteiger partial charge in [0.1, 0.15) is 11.5 Å². The number of aromatic nitrogens is 5. The molecular formula is C15H13FN6O. The van der Waals surface area contributed by atoms with Gasteiger partial charge in [-0.15, -0.1) is 5.10 Å². The van der Waals surface area contributed by atoms with E-state index >= 15 is 0 Å². The molecule has 1 atom stereocenters. The Bertz CT molecular complexity index is 828. The van der Waals surface area contributed by atoms with Crippen LogP contribution in [-0.4, -0.2) is 36.6 Å². The molecule has 3 aromatic rings. The topological polar surface area (TPSA) is 70.1 Å². The lowest BCUT2D eigenvalue weighted by Crippen LogP contribution is -2.17. The highest BCUT2D eigenvalue weighted by atomic mass is 19.1. The van der Waals surface area contributed by atoms with Crippen molar-refractivity contribution in [2.75, 3.05) is 0 Å². The number of oxime groups is 1. The quantitative estimate of drug-likeness (QED) is 0.736. The van der Waals surface area contributed by atoms with Crippen molar-refractivity contribution in [1.29, 1.82) is 0 Å². The van der Waals surface area contributed by atoms with Gasteiger partial charge in [0.25, 0.3) is 0 Å². The van der Waals surface area contributed by atoms with Crippen LogP contribution in [0.5, 0.6) is 0 Å². The fourth-order valence-electron chi connectivity index (χ4n) is 2.52. The minimum atomic E-state index is -0.353. The summed E-state index contributed by atoms with van der Waals surface area (Å²) in [6.45, 7) is 0.556. The van der Waals surface area contributed by atoms with Crippen molar-refractivity contribution in [3.63, 3.8) is 0 Å². The molecule has 0 amide bonds. The molecule has 0 spiro atoms. The number of hydrogen-bond acceptors (Lipinski definition) is 5. The Morgan fingerprint density at radius 2 is 2.22 bits per heavy atom. The van der Waals surface area contributed by atoms with Crippen molar-refractivity contribution in [1.82, 2.24) is 24.8 Å². The van der Waals surface area contributed by atoms with Gasteiger partial charge in [-0.2, -0.15) is 5.10 Å². The van der Waals surface area contributed by atoms with Gasteiger partial charge in [0, 0.05) is 30.6 Å². The molecule has 2 aromatic heterocycles. The Kier molecular flexibility index (Phi) is 3.34. The summed E-state index contributed by atoms with van der Waals surface area (Å²) in [6, 6.07) is 6.71. The standard InChI is InChI=1S/C15H13FN6O/c16-13-8-11(2-3-15(13)22-6-1-4-18-22)14-9-12(23-19-14)10-21-7-5-17-20-21/h1-8,12H,9-10H2/t12-/m0/s1. The van der Waals surface area contributed by atoms with E-state index in [4.69, 9.17) is 4.84 Å². The predicted molar refractivity (Wildman–Crippen MR) is 79.6 cm³/mol. The highest BCUT2D eigenvalue weighted by Crippen LogP contribution is 2.21. The summed E-state index contributed by atoms with van der Waals surface area (Å²) in [6.07, 6.45) is 7.15. The van der Waals surface area contributed by atoms with Crippen LogP contribution in [0, 0.1) is 5.82 Å². The average Bonchev–Trinajstić information content (AvgIpc) is 3.30. The molecule has 116 valence electrons. The second-order valence-electron chi connectivity index (χ2n) is 5.21. The normalized spacial score (nSPS) is 17.1. The highest BCUT2D eigenvalue weighted by Gasteiger charge is 2.23. The average molecular weight is 312 g/mol. The summed E-state index contributed by atoms with van der Waals surface area (Å²) in [7, 11) is 0. The Labute approximate surface area is 131 Å². The van der Waals surface area contributed by atoms with Crippen LogP contribution in [0.1, 0.15) is 12.0 Å². The molecule has 1 aliphatic rings. The summed E-state index contributed by atoms with van der Waals surface area (Å²) in [5.41, 5.74) is 1.83. The van der Waals surface area contributed by atoms with Gasteiger partial charge < -0.3 is 4.84 Å². The summed E-state index contributed by atoms with van der Waals surface area (Å²) in [5.74, 6) is -0.353.